The van der Waals surface area contributed by atoms with Crippen molar-refractivity contribution in [2.75, 3.05) is 0 Å². The minimum Gasteiger partial charge on any atom is -0.282 e. The first-order valence-electron chi connectivity index (χ1n) is 10.3. The Hall–Kier alpha value is -2.17. The van der Waals surface area contributed by atoms with Crippen molar-refractivity contribution in [3.05, 3.63) is 94.4 Å². The maximum atomic E-state index is 12.1. The highest BCUT2D eigenvalue weighted by Gasteiger charge is 2.49. The van der Waals surface area contributed by atoms with E-state index in [1.54, 1.807) is 6.08 Å². The summed E-state index contributed by atoms with van der Waals surface area (Å²) < 4.78 is 34.2. The van der Waals surface area contributed by atoms with Crippen molar-refractivity contribution in [2.45, 2.75) is 51.9 Å². The fraction of sp³-hybridized carbons (Fsp3) is 0.360. The number of hydrogen-bond donors (Lipinski definition) is 1. The van der Waals surface area contributed by atoms with Crippen LogP contribution in [0.2, 0.25) is 0 Å². The highest BCUT2D eigenvalue weighted by Crippen LogP contribution is 2.59. The lowest BCUT2D eigenvalue weighted by Crippen LogP contribution is -2.39. The van der Waals surface area contributed by atoms with Gasteiger partial charge in [-0.1, -0.05) is 86.2 Å². The van der Waals surface area contributed by atoms with Gasteiger partial charge in [-0.05, 0) is 55.2 Å². The van der Waals surface area contributed by atoms with Gasteiger partial charge < -0.3 is 0 Å². The van der Waals surface area contributed by atoms with Crippen LogP contribution in [-0.2, 0) is 10.1 Å². The van der Waals surface area contributed by atoms with E-state index in [9.17, 15) is 13.0 Å². The predicted octanol–water partition coefficient (Wildman–Crippen LogP) is 6.48. The SMILES string of the molecule is CCC(c1ccccc1)C1(C(CC)c2ccccc2)CC(S(=O)(=O)O)=CC=C1C. The first kappa shape index (κ1) is 21.5. The highest BCUT2D eigenvalue weighted by atomic mass is 32.2. The Labute approximate surface area is 174 Å². The fourth-order valence-electron chi connectivity index (χ4n) is 5.24. The summed E-state index contributed by atoms with van der Waals surface area (Å²) in [6.07, 6.45) is 5.51. The third-order valence-corrected chi connectivity index (χ3v) is 7.46. The van der Waals surface area contributed by atoms with Crippen molar-refractivity contribution in [3.8, 4) is 0 Å². The molecule has 0 heterocycles. The van der Waals surface area contributed by atoms with Gasteiger partial charge in [0.25, 0.3) is 10.1 Å². The lowest BCUT2D eigenvalue weighted by Gasteiger charge is -2.49. The van der Waals surface area contributed by atoms with Crippen LogP contribution in [0.25, 0.3) is 0 Å². The minimum atomic E-state index is -4.25. The average Bonchev–Trinajstić information content (AvgIpc) is 2.72. The summed E-state index contributed by atoms with van der Waals surface area (Å²) >= 11 is 0. The third-order valence-electron chi connectivity index (χ3n) is 6.52. The van der Waals surface area contributed by atoms with Crippen LogP contribution in [0.3, 0.4) is 0 Å². The summed E-state index contributed by atoms with van der Waals surface area (Å²) in [5.41, 5.74) is 3.13. The molecule has 0 saturated carbocycles. The van der Waals surface area contributed by atoms with Crippen molar-refractivity contribution in [1.29, 1.82) is 0 Å². The van der Waals surface area contributed by atoms with Gasteiger partial charge in [-0.15, -0.1) is 0 Å². The summed E-state index contributed by atoms with van der Waals surface area (Å²) in [4.78, 5) is 0.104. The van der Waals surface area contributed by atoms with Gasteiger partial charge in [-0.25, -0.2) is 0 Å². The molecule has 2 aromatic carbocycles. The van der Waals surface area contributed by atoms with E-state index in [0.29, 0.717) is 6.42 Å². The molecule has 0 aliphatic heterocycles. The summed E-state index contributed by atoms with van der Waals surface area (Å²) in [7, 11) is -4.25. The van der Waals surface area contributed by atoms with Crippen molar-refractivity contribution in [1.82, 2.24) is 0 Å². The predicted molar refractivity (Wildman–Crippen MR) is 119 cm³/mol. The Morgan fingerprint density at radius 1 is 0.862 bits per heavy atom. The van der Waals surface area contributed by atoms with Crippen LogP contribution in [0.4, 0.5) is 0 Å². The van der Waals surface area contributed by atoms with Gasteiger partial charge in [0.2, 0.25) is 0 Å². The Morgan fingerprint density at radius 3 is 1.69 bits per heavy atom. The van der Waals surface area contributed by atoms with Gasteiger partial charge in [0.1, 0.15) is 0 Å². The zero-order valence-corrected chi connectivity index (χ0v) is 18.2. The molecular weight excluding hydrogens is 380 g/mol. The highest BCUT2D eigenvalue weighted by molar-refractivity contribution is 7.89. The molecule has 0 amide bonds. The quantitative estimate of drug-likeness (QED) is 0.531. The first-order valence-corrected chi connectivity index (χ1v) is 11.7. The van der Waals surface area contributed by atoms with Crippen LogP contribution >= 0.6 is 0 Å². The maximum Gasteiger partial charge on any atom is 0.290 e. The van der Waals surface area contributed by atoms with Crippen LogP contribution in [0.15, 0.2) is 83.3 Å². The molecule has 154 valence electrons. The fourth-order valence-corrected chi connectivity index (χ4v) is 5.90. The molecule has 2 aromatic rings. The van der Waals surface area contributed by atoms with E-state index >= 15 is 0 Å². The molecular formula is C25H30O3S. The van der Waals surface area contributed by atoms with Gasteiger partial charge in [0.15, 0.2) is 0 Å². The van der Waals surface area contributed by atoms with Gasteiger partial charge >= 0.3 is 0 Å². The van der Waals surface area contributed by atoms with Crippen LogP contribution in [0.5, 0.6) is 0 Å². The van der Waals surface area contributed by atoms with Gasteiger partial charge in [0, 0.05) is 5.41 Å². The van der Waals surface area contributed by atoms with E-state index < -0.39 is 15.5 Å². The second kappa shape index (κ2) is 8.68. The first-order chi connectivity index (χ1) is 13.8. The molecule has 0 radical (unpaired) electrons. The largest absolute Gasteiger partial charge is 0.290 e. The molecule has 0 aromatic heterocycles. The molecule has 4 heteroatoms. The zero-order chi connectivity index (χ0) is 21.1. The standard InChI is InChI=1S/C25H30O3S/c1-4-23(20-12-8-6-9-13-20)25(24(5-2)21-14-10-7-11-15-21)18-22(29(26,27)28)17-16-19(25)3/h6-17,23-24H,4-5,18H2,1-3H3,(H,26,27,28). The Balaban J connectivity index is 2.27. The molecule has 3 rings (SSSR count). The number of rotatable bonds is 7. The molecule has 2 unspecified atom stereocenters. The lowest BCUT2D eigenvalue weighted by atomic mass is 9.55. The minimum absolute atomic E-state index is 0.104. The zero-order valence-electron chi connectivity index (χ0n) is 17.4. The van der Waals surface area contributed by atoms with E-state index in [-0.39, 0.29) is 16.7 Å². The molecule has 0 fully saturated rings. The number of hydrogen-bond acceptors (Lipinski definition) is 2. The third kappa shape index (κ3) is 4.10. The summed E-state index contributed by atoms with van der Waals surface area (Å²) in [6, 6.07) is 20.7. The van der Waals surface area contributed by atoms with E-state index in [1.807, 2.05) is 42.5 Å². The van der Waals surface area contributed by atoms with Crippen LogP contribution < -0.4 is 0 Å². The van der Waals surface area contributed by atoms with E-state index in [0.717, 1.165) is 18.4 Å². The van der Waals surface area contributed by atoms with Crippen molar-refractivity contribution >= 4 is 10.1 Å². The second-order valence-electron chi connectivity index (χ2n) is 7.92. The van der Waals surface area contributed by atoms with Gasteiger partial charge in [-0.3, -0.25) is 4.55 Å². The Morgan fingerprint density at radius 2 is 1.31 bits per heavy atom. The van der Waals surface area contributed by atoms with E-state index in [4.69, 9.17) is 0 Å². The van der Waals surface area contributed by atoms with Crippen molar-refractivity contribution in [2.24, 2.45) is 5.41 Å². The topological polar surface area (TPSA) is 54.4 Å². The van der Waals surface area contributed by atoms with Crippen molar-refractivity contribution < 1.29 is 13.0 Å². The smallest absolute Gasteiger partial charge is 0.282 e. The molecule has 0 saturated heterocycles. The van der Waals surface area contributed by atoms with E-state index in [2.05, 4.69) is 45.0 Å². The number of benzene rings is 2. The maximum absolute atomic E-state index is 12.1. The molecule has 0 spiro atoms. The van der Waals surface area contributed by atoms with E-state index in [1.165, 1.54) is 11.1 Å². The van der Waals surface area contributed by atoms with Crippen molar-refractivity contribution in [3.63, 3.8) is 0 Å². The monoisotopic (exact) mass is 410 g/mol. The van der Waals surface area contributed by atoms with Gasteiger partial charge in [0.05, 0.1) is 4.91 Å². The molecule has 1 aliphatic rings. The molecule has 29 heavy (non-hydrogen) atoms. The van der Waals surface area contributed by atoms with Crippen LogP contribution in [-0.4, -0.2) is 13.0 Å². The molecule has 3 nitrogen and oxygen atoms in total. The molecule has 1 aliphatic carbocycles. The Kier molecular flexibility index (Phi) is 6.45. The molecule has 0 bridgehead atoms. The summed E-state index contributed by atoms with van der Waals surface area (Å²) in [5, 5.41) is 0. The number of allylic oxidation sites excluding steroid dienone is 4. The second-order valence-corrected chi connectivity index (χ2v) is 9.39. The summed E-state index contributed by atoms with van der Waals surface area (Å²) in [6.45, 7) is 6.43. The molecule has 2 atom stereocenters. The normalized spacial score (nSPS) is 21.8. The van der Waals surface area contributed by atoms with Crippen LogP contribution in [0, 0.1) is 5.41 Å². The van der Waals surface area contributed by atoms with Crippen LogP contribution in [0.1, 0.15) is 63.0 Å². The average molecular weight is 411 g/mol. The van der Waals surface area contributed by atoms with Gasteiger partial charge in [-0.2, -0.15) is 8.42 Å². The Bertz CT molecular complexity index is 941. The lowest BCUT2D eigenvalue weighted by molar-refractivity contribution is 0.205. The molecule has 1 N–H and O–H groups in total. The summed E-state index contributed by atoms with van der Waals surface area (Å²) in [5.74, 6) is 0.242.